The number of halogens is 2. The first-order valence-electron chi connectivity index (χ1n) is 10.5. The van der Waals surface area contributed by atoms with E-state index < -0.39 is 24.0 Å². The maximum Gasteiger partial charge on any atom is 0.251 e. The van der Waals surface area contributed by atoms with Crippen LogP contribution in [0, 0.1) is 3.57 Å². The summed E-state index contributed by atoms with van der Waals surface area (Å²) >= 11 is 8.12. The standard InChI is InChI=1S/C22H25ClIN5O5/c1-2-18(16-5-12(24)6-17(23)20(16)33)29-19(32)10-25-21(34)11-3-13(7-14(30)4-11)28-22-26-8-15(31)9-27-22/h3-7,15,18,30-31,33H,2,8-10H2,1H3,(H,25,34)(H,29,32)(H2,26,27,28)/t18-/m0/s1. The van der Waals surface area contributed by atoms with Gasteiger partial charge in [-0.1, -0.05) is 18.5 Å². The number of aromatic hydroxyl groups is 2. The smallest absolute Gasteiger partial charge is 0.251 e. The van der Waals surface area contributed by atoms with Crippen molar-refractivity contribution in [2.24, 2.45) is 4.99 Å². The van der Waals surface area contributed by atoms with E-state index in [-0.39, 0.29) is 35.2 Å². The number of hydrogen-bond acceptors (Lipinski definition) is 8. The lowest BCUT2D eigenvalue weighted by atomic mass is 10.0. The van der Waals surface area contributed by atoms with Crippen LogP contribution in [0.3, 0.4) is 0 Å². The summed E-state index contributed by atoms with van der Waals surface area (Å²) in [6, 6.07) is 7.07. The van der Waals surface area contributed by atoms with E-state index in [1.54, 1.807) is 12.1 Å². The van der Waals surface area contributed by atoms with Crippen LogP contribution in [0.5, 0.6) is 11.5 Å². The van der Waals surface area contributed by atoms with E-state index in [9.17, 15) is 24.9 Å². The van der Waals surface area contributed by atoms with Crippen LogP contribution < -0.4 is 21.3 Å². The van der Waals surface area contributed by atoms with E-state index >= 15 is 0 Å². The zero-order valence-electron chi connectivity index (χ0n) is 18.2. The van der Waals surface area contributed by atoms with Crippen LogP contribution in [-0.2, 0) is 4.79 Å². The van der Waals surface area contributed by atoms with E-state index in [0.29, 0.717) is 30.2 Å². The minimum atomic E-state index is -0.569. The SMILES string of the molecule is CC[C@H](NC(=O)CNC(=O)c1cc(O)cc(NC2=NCC(O)CN2)c1)c1cc(I)cc(Cl)c1O. The lowest BCUT2D eigenvalue weighted by molar-refractivity contribution is -0.120. The number of amides is 2. The molecule has 2 aromatic carbocycles. The molecule has 1 aliphatic rings. The van der Waals surface area contributed by atoms with Crippen molar-refractivity contribution in [2.75, 3.05) is 25.0 Å². The molecular formula is C22H25ClIN5O5. The molecule has 0 saturated heterocycles. The van der Waals surface area contributed by atoms with Gasteiger partial charge in [-0.05, 0) is 53.3 Å². The summed E-state index contributed by atoms with van der Waals surface area (Å²) in [5, 5.41) is 41.1. The van der Waals surface area contributed by atoms with Gasteiger partial charge < -0.3 is 36.6 Å². The van der Waals surface area contributed by atoms with E-state index in [1.807, 2.05) is 6.92 Å². The third kappa shape index (κ3) is 6.87. The Morgan fingerprint density at radius 2 is 2.03 bits per heavy atom. The third-order valence-corrected chi connectivity index (χ3v) is 5.90. The highest BCUT2D eigenvalue weighted by molar-refractivity contribution is 14.1. The molecule has 3 rings (SSSR count). The van der Waals surface area contributed by atoms with Gasteiger partial charge >= 0.3 is 0 Å². The third-order valence-electron chi connectivity index (χ3n) is 4.99. The molecule has 0 aromatic heterocycles. The van der Waals surface area contributed by atoms with Crippen molar-refractivity contribution in [2.45, 2.75) is 25.5 Å². The summed E-state index contributed by atoms with van der Waals surface area (Å²) < 4.78 is 0.815. The number of guanidine groups is 1. The van der Waals surface area contributed by atoms with Gasteiger partial charge in [0.25, 0.3) is 5.91 Å². The fourth-order valence-corrected chi connectivity index (χ4v) is 4.38. The van der Waals surface area contributed by atoms with Gasteiger partial charge in [-0.15, -0.1) is 0 Å². The molecule has 0 fully saturated rings. The van der Waals surface area contributed by atoms with E-state index in [2.05, 4.69) is 48.9 Å². The molecule has 1 aliphatic heterocycles. The van der Waals surface area contributed by atoms with Crippen molar-refractivity contribution in [3.8, 4) is 11.5 Å². The number of benzene rings is 2. The number of anilines is 1. The minimum Gasteiger partial charge on any atom is -0.508 e. The van der Waals surface area contributed by atoms with Crippen LogP contribution in [0.1, 0.15) is 35.3 Å². The molecule has 2 atom stereocenters. The number of aliphatic imine (C=N–C) groups is 1. The zero-order valence-corrected chi connectivity index (χ0v) is 21.1. The quantitative estimate of drug-likeness (QED) is 0.240. The minimum absolute atomic E-state index is 0.0929. The first-order chi connectivity index (χ1) is 16.2. The second-order valence-corrected chi connectivity index (χ2v) is 9.31. The summed E-state index contributed by atoms with van der Waals surface area (Å²) in [7, 11) is 0. The first kappa shape index (κ1) is 25.8. The van der Waals surface area contributed by atoms with Gasteiger partial charge in [-0.3, -0.25) is 14.6 Å². The topological polar surface area (TPSA) is 155 Å². The molecule has 0 radical (unpaired) electrons. The first-order valence-corrected chi connectivity index (χ1v) is 11.9. The number of phenols is 2. The second kappa shape index (κ2) is 11.6. The lowest BCUT2D eigenvalue weighted by Crippen LogP contribution is -2.42. The van der Waals surface area contributed by atoms with Crippen LogP contribution in [0.25, 0.3) is 0 Å². The fourth-order valence-electron chi connectivity index (χ4n) is 3.33. The summed E-state index contributed by atoms with van der Waals surface area (Å²) in [6.45, 7) is 2.11. The molecule has 0 bridgehead atoms. The summed E-state index contributed by atoms with van der Waals surface area (Å²) in [6.07, 6.45) is -0.0683. The molecule has 7 N–H and O–H groups in total. The Kier molecular flexibility index (Phi) is 8.80. The molecule has 2 amide bonds. The highest BCUT2D eigenvalue weighted by Gasteiger charge is 2.20. The van der Waals surface area contributed by atoms with Crippen molar-refractivity contribution >= 4 is 57.7 Å². The van der Waals surface area contributed by atoms with Gasteiger partial charge in [0.2, 0.25) is 5.91 Å². The monoisotopic (exact) mass is 601 g/mol. The molecule has 34 heavy (non-hydrogen) atoms. The molecule has 0 saturated carbocycles. The lowest BCUT2D eigenvalue weighted by Gasteiger charge is -2.20. The van der Waals surface area contributed by atoms with Crippen molar-refractivity contribution in [3.05, 3.63) is 50.1 Å². The van der Waals surface area contributed by atoms with Crippen molar-refractivity contribution < 1.29 is 24.9 Å². The second-order valence-electron chi connectivity index (χ2n) is 7.65. The number of carbonyl (C=O) groups excluding carboxylic acids is 2. The summed E-state index contributed by atoms with van der Waals surface area (Å²) in [4.78, 5) is 29.2. The summed E-state index contributed by atoms with van der Waals surface area (Å²) in [5.41, 5.74) is 1.05. The van der Waals surface area contributed by atoms with Crippen LogP contribution in [0.2, 0.25) is 5.02 Å². The van der Waals surface area contributed by atoms with E-state index in [0.717, 1.165) is 3.57 Å². The van der Waals surface area contributed by atoms with Gasteiger partial charge in [0.1, 0.15) is 11.5 Å². The highest BCUT2D eigenvalue weighted by Crippen LogP contribution is 2.34. The average molecular weight is 602 g/mol. The number of carbonyl (C=O) groups is 2. The Hall–Kier alpha value is -2.77. The molecule has 2 aromatic rings. The van der Waals surface area contributed by atoms with E-state index in [1.165, 1.54) is 18.2 Å². The van der Waals surface area contributed by atoms with Crippen molar-refractivity contribution in [1.82, 2.24) is 16.0 Å². The fraction of sp³-hybridized carbons (Fsp3) is 0.318. The number of hydrogen-bond donors (Lipinski definition) is 7. The molecule has 1 heterocycles. The van der Waals surface area contributed by atoms with Gasteiger partial charge in [0, 0.05) is 33.0 Å². The van der Waals surface area contributed by atoms with Crippen LogP contribution >= 0.6 is 34.2 Å². The van der Waals surface area contributed by atoms with Crippen LogP contribution in [-0.4, -0.2) is 58.8 Å². The number of β-amino-alcohol motifs (C(OH)–C–C–N with tert-alkyl or cyclic N) is 1. The number of nitrogens with zero attached hydrogens (tertiary/aromatic N) is 1. The number of rotatable bonds is 7. The highest BCUT2D eigenvalue weighted by atomic mass is 127. The molecule has 0 spiro atoms. The molecule has 0 aliphatic carbocycles. The van der Waals surface area contributed by atoms with Crippen molar-refractivity contribution in [1.29, 1.82) is 0 Å². The Morgan fingerprint density at radius 1 is 1.26 bits per heavy atom. The summed E-state index contributed by atoms with van der Waals surface area (Å²) in [5.74, 6) is -0.840. The largest absolute Gasteiger partial charge is 0.508 e. The molecular weight excluding hydrogens is 577 g/mol. The number of aliphatic hydroxyl groups excluding tert-OH is 1. The van der Waals surface area contributed by atoms with Crippen molar-refractivity contribution in [3.63, 3.8) is 0 Å². The normalized spacial score (nSPS) is 16.1. The van der Waals surface area contributed by atoms with Gasteiger partial charge in [-0.2, -0.15) is 0 Å². The molecule has 1 unspecified atom stereocenters. The number of aliphatic hydroxyl groups is 1. The maximum absolute atomic E-state index is 12.6. The molecule has 10 nitrogen and oxygen atoms in total. The van der Waals surface area contributed by atoms with Gasteiger partial charge in [0.05, 0.1) is 30.3 Å². The van der Waals surface area contributed by atoms with Gasteiger partial charge in [0.15, 0.2) is 5.96 Å². The predicted octanol–water partition coefficient (Wildman–Crippen LogP) is 2.09. The predicted molar refractivity (Wildman–Crippen MR) is 137 cm³/mol. The zero-order chi connectivity index (χ0) is 24.8. The molecule has 182 valence electrons. The Labute approximate surface area is 214 Å². The van der Waals surface area contributed by atoms with Crippen LogP contribution in [0.4, 0.5) is 5.69 Å². The Balaban J connectivity index is 1.61. The Morgan fingerprint density at radius 3 is 2.71 bits per heavy atom. The van der Waals surface area contributed by atoms with E-state index in [4.69, 9.17) is 11.6 Å². The molecule has 12 heteroatoms. The van der Waals surface area contributed by atoms with Gasteiger partial charge in [-0.25, -0.2) is 0 Å². The average Bonchev–Trinajstić information content (AvgIpc) is 2.79. The number of phenolic OH excluding ortho intramolecular Hbond substituents is 2. The number of nitrogens with one attached hydrogen (secondary N) is 4. The maximum atomic E-state index is 12.6. The Bertz CT molecular complexity index is 1110. The van der Waals surface area contributed by atoms with Crippen LogP contribution in [0.15, 0.2) is 35.3 Å².